The highest BCUT2D eigenvalue weighted by atomic mass is 35.5. The number of ether oxygens (including phenoxy) is 1. The molecule has 0 spiro atoms. The molecule has 0 atom stereocenters. The summed E-state index contributed by atoms with van der Waals surface area (Å²) in [6, 6.07) is 11.4. The van der Waals surface area contributed by atoms with Gasteiger partial charge in [0.25, 0.3) is 0 Å². The van der Waals surface area contributed by atoms with Crippen LogP contribution in [-0.2, 0) is 9.53 Å². The van der Waals surface area contributed by atoms with E-state index in [9.17, 15) is 9.18 Å². The van der Waals surface area contributed by atoms with E-state index in [-0.39, 0.29) is 28.8 Å². The van der Waals surface area contributed by atoms with Gasteiger partial charge >= 0.3 is 5.97 Å². The summed E-state index contributed by atoms with van der Waals surface area (Å²) in [7, 11) is 0. The van der Waals surface area contributed by atoms with E-state index >= 15 is 0 Å². The number of esters is 1. The molecule has 0 aliphatic carbocycles. The predicted molar refractivity (Wildman–Crippen MR) is 106 cm³/mol. The zero-order valence-electron chi connectivity index (χ0n) is 15.0. The van der Waals surface area contributed by atoms with Gasteiger partial charge in [0.15, 0.2) is 6.61 Å². The van der Waals surface area contributed by atoms with Crippen molar-refractivity contribution in [1.82, 2.24) is 0 Å². The zero-order chi connectivity index (χ0) is 20.5. The molecule has 0 unspecified atom stereocenters. The van der Waals surface area contributed by atoms with Gasteiger partial charge in [0.2, 0.25) is 0 Å². The van der Waals surface area contributed by atoms with Gasteiger partial charge < -0.3 is 9.64 Å². The summed E-state index contributed by atoms with van der Waals surface area (Å²) >= 11 is 11.7. The fourth-order valence-electron chi connectivity index (χ4n) is 2.31. The molecule has 0 aromatic heterocycles. The third-order valence-corrected chi connectivity index (χ3v) is 4.34. The number of carbonyl (C=O) groups is 1. The molecule has 2 aromatic carbocycles. The molecular formula is C19H17Cl2FN4O2. The number of anilines is 1. The molecule has 2 rings (SSSR count). The normalized spacial score (nSPS) is 10.7. The second-order valence-electron chi connectivity index (χ2n) is 5.58. The van der Waals surface area contributed by atoms with Crippen LogP contribution < -0.4 is 4.90 Å². The van der Waals surface area contributed by atoms with E-state index < -0.39 is 11.8 Å². The fourth-order valence-corrected chi connectivity index (χ4v) is 2.66. The largest absolute Gasteiger partial charge is 0.450 e. The smallest absolute Gasteiger partial charge is 0.308 e. The van der Waals surface area contributed by atoms with Crippen LogP contribution in [0.5, 0.6) is 0 Å². The molecule has 0 fully saturated rings. The van der Waals surface area contributed by atoms with Crippen molar-refractivity contribution in [2.45, 2.75) is 13.3 Å². The van der Waals surface area contributed by atoms with Crippen LogP contribution >= 0.6 is 23.2 Å². The molecule has 6 nitrogen and oxygen atoms in total. The number of halogens is 3. The van der Waals surface area contributed by atoms with E-state index in [1.807, 2.05) is 24.0 Å². The zero-order valence-corrected chi connectivity index (χ0v) is 16.5. The van der Waals surface area contributed by atoms with Crippen molar-refractivity contribution in [1.29, 1.82) is 5.26 Å². The lowest BCUT2D eigenvalue weighted by Crippen LogP contribution is -2.26. The monoisotopic (exact) mass is 422 g/mol. The first-order chi connectivity index (χ1) is 13.4. The minimum Gasteiger partial charge on any atom is -0.450 e. The molecule has 146 valence electrons. The SMILES string of the molecule is CCN(CCC(=O)OCC#N)c1ccc(N=Nc2cc(Cl)c(F)cc2Cl)cc1. The van der Waals surface area contributed by atoms with E-state index in [4.69, 9.17) is 33.2 Å². The van der Waals surface area contributed by atoms with Gasteiger partial charge in [0, 0.05) is 18.8 Å². The number of benzene rings is 2. The second kappa shape index (κ2) is 10.6. The van der Waals surface area contributed by atoms with Crippen molar-refractivity contribution >= 4 is 46.2 Å². The Morgan fingerprint density at radius 3 is 2.57 bits per heavy atom. The minimum absolute atomic E-state index is 0.0828. The van der Waals surface area contributed by atoms with Crippen LogP contribution in [0.2, 0.25) is 10.0 Å². The first kappa shape index (κ1) is 21.6. The molecular weight excluding hydrogens is 406 g/mol. The quantitative estimate of drug-likeness (QED) is 0.304. The number of azo groups is 1. The van der Waals surface area contributed by atoms with Crippen LogP contribution in [0.15, 0.2) is 46.6 Å². The Labute approximate surface area is 172 Å². The lowest BCUT2D eigenvalue weighted by atomic mass is 10.2. The fraction of sp³-hybridized carbons (Fsp3) is 0.263. The van der Waals surface area contributed by atoms with Crippen LogP contribution in [0, 0.1) is 17.1 Å². The van der Waals surface area contributed by atoms with Gasteiger partial charge in [-0.05, 0) is 43.3 Å². The molecule has 0 saturated carbocycles. The van der Waals surface area contributed by atoms with E-state index in [0.29, 0.717) is 18.8 Å². The van der Waals surface area contributed by atoms with Crippen LogP contribution in [0.3, 0.4) is 0 Å². The first-order valence-corrected chi connectivity index (χ1v) is 9.14. The summed E-state index contributed by atoms with van der Waals surface area (Å²) in [6.07, 6.45) is 0.181. The van der Waals surface area contributed by atoms with E-state index in [2.05, 4.69) is 10.2 Å². The molecule has 0 bridgehead atoms. The standard InChI is InChI=1S/C19H17Cl2FN4O2/c1-2-26(9-7-19(27)28-10-8-23)14-5-3-13(4-6-14)24-25-18-12-15(20)17(22)11-16(18)21/h3-6,11-12H,2,7,9-10H2,1H3. The lowest BCUT2D eigenvalue weighted by molar-refractivity contribution is -0.141. The predicted octanol–water partition coefficient (Wildman–Crippen LogP) is 5.83. The third kappa shape index (κ3) is 6.19. The molecule has 9 heteroatoms. The highest BCUT2D eigenvalue weighted by molar-refractivity contribution is 6.35. The van der Waals surface area contributed by atoms with Gasteiger partial charge in [-0.25, -0.2) is 4.39 Å². The Morgan fingerprint density at radius 2 is 1.93 bits per heavy atom. The Morgan fingerprint density at radius 1 is 1.21 bits per heavy atom. The number of rotatable bonds is 8. The molecule has 0 heterocycles. The second-order valence-corrected chi connectivity index (χ2v) is 6.40. The molecule has 0 saturated heterocycles. The first-order valence-electron chi connectivity index (χ1n) is 8.38. The van der Waals surface area contributed by atoms with Crippen molar-refractivity contribution in [2.75, 3.05) is 24.6 Å². The van der Waals surface area contributed by atoms with Gasteiger partial charge in [-0.15, -0.1) is 5.11 Å². The summed E-state index contributed by atoms with van der Waals surface area (Å²) < 4.78 is 18.1. The van der Waals surface area contributed by atoms with Gasteiger partial charge in [0.1, 0.15) is 17.6 Å². The Hall–Kier alpha value is -2.69. The van der Waals surface area contributed by atoms with E-state index in [1.165, 1.54) is 6.07 Å². The van der Waals surface area contributed by atoms with Crippen LogP contribution in [0.4, 0.5) is 21.5 Å². The molecule has 0 aliphatic rings. The summed E-state index contributed by atoms with van der Waals surface area (Å²) in [5.74, 6) is -1.04. The van der Waals surface area contributed by atoms with E-state index in [1.54, 1.807) is 18.2 Å². The number of hydrogen-bond acceptors (Lipinski definition) is 6. The maximum atomic E-state index is 13.3. The number of nitrogens with zero attached hydrogens (tertiary/aromatic N) is 4. The van der Waals surface area contributed by atoms with Crippen LogP contribution in [0.1, 0.15) is 13.3 Å². The molecule has 0 N–H and O–H groups in total. The van der Waals surface area contributed by atoms with Crippen molar-refractivity contribution in [3.63, 3.8) is 0 Å². The summed E-state index contributed by atoms with van der Waals surface area (Å²) in [4.78, 5) is 13.5. The highest BCUT2D eigenvalue weighted by Crippen LogP contribution is 2.32. The topological polar surface area (TPSA) is 78.0 Å². The molecule has 0 radical (unpaired) electrons. The summed E-state index contributed by atoms with van der Waals surface area (Å²) in [5.41, 5.74) is 1.74. The lowest BCUT2D eigenvalue weighted by Gasteiger charge is -2.22. The van der Waals surface area contributed by atoms with Crippen LogP contribution in [0.25, 0.3) is 0 Å². The van der Waals surface area contributed by atoms with Gasteiger partial charge in [-0.1, -0.05) is 23.2 Å². The van der Waals surface area contributed by atoms with Crippen molar-refractivity contribution in [2.24, 2.45) is 10.2 Å². The number of hydrogen-bond donors (Lipinski definition) is 0. The van der Waals surface area contributed by atoms with Gasteiger partial charge in [-0.3, -0.25) is 4.79 Å². The number of carbonyl (C=O) groups excluding carboxylic acids is 1. The summed E-state index contributed by atoms with van der Waals surface area (Å²) in [6.45, 7) is 2.88. The maximum absolute atomic E-state index is 13.3. The molecule has 2 aromatic rings. The minimum atomic E-state index is -0.619. The Kier molecular flexibility index (Phi) is 8.18. The van der Waals surface area contributed by atoms with Crippen molar-refractivity contribution in [3.8, 4) is 6.07 Å². The van der Waals surface area contributed by atoms with Crippen molar-refractivity contribution < 1.29 is 13.9 Å². The highest BCUT2D eigenvalue weighted by Gasteiger charge is 2.09. The van der Waals surface area contributed by atoms with Crippen LogP contribution in [-0.4, -0.2) is 25.7 Å². The molecule has 0 amide bonds. The van der Waals surface area contributed by atoms with Gasteiger partial charge in [-0.2, -0.15) is 10.4 Å². The Balaban J connectivity index is 2.02. The summed E-state index contributed by atoms with van der Waals surface area (Å²) in [5, 5.41) is 16.5. The van der Waals surface area contributed by atoms with Gasteiger partial charge in [0.05, 0.1) is 22.2 Å². The molecule has 0 aliphatic heterocycles. The van der Waals surface area contributed by atoms with E-state index in [0.717, 1.165) is 11.8 Å². The average molecular weight is 423 g/mol. The third-order valence-electron chi connectivity index (χ3n) is 3.74. The maximum Gasteiger partial charge on any atom is 0.308 e. The number of nitriles is 1. The Bertz CT molecular complexity index is 898. The molecule has 28 heavy (non-hydrogen) atoms. The van der Waals surface area contributed by atoms with Crippen molar-refractivity contribution in [3.05, 3.63) is 52.3 Å². The average Bonchev–Trinajstić information content (AvgIpc) is 2.69.